The molecule has 142 valence electrons. The van der Waals surface area contributed by atoms with Crippen molar-refractivity contribution < 1.29 is 23.7 Å². The van der Waals surface area contributed by atoms with Gasteiger partial charge >= 0.3 is 6.61 Å². The highest BCUT2D eigenvalue weighted by atomic mass is 35.5. The first-order chi connectivity index (χ1) is 13.4. The number of pyridine rings is 1. The van der Waals surface area contributed by atoms with Crippen molar-refractivity contribution in [2.45, 2.75) is 6.61 Å². The molecule has 0 bridgehead atoms. The summed E-state index contributed by atoms with van der Waals surface area (Å²) in [4.78, 5) is 8.84. The van der Waals surface area contributed by atoms with Gasteiger partial charge in [0.25, 0.3) is 0 Å². The Morgan fingerprint density at radius 3 is 2.50 bits per heavy atom. The molecule has 0 aliphatic carbocycles. The Balaban J connectivity index is 1.93. The van der Waals surface area contributed by atoms with Crippen molar-refractivity contribution in [3.8, 4) is 34.3 Å². The SMILES string of the molecule is Oc1cc(O)c(-c2nc3cccnc3n2-c2ccc(OC(F)F)cc2)cc1Cl. The van der Waals surface area contributed by atoms with Crippen molar-refractivity contribution in [2.24, 2.45) is 0 Å². The number of imidazole rings is 1. The van der Waals surface area contributed by atoms with Gasteiger partial charge < -0.3 is 14.9 Å². The molecule has 0 saturated carbocycles. The topological polar surface area (TPSA) is 80.4 Å². The normalized spacial score (nSPS) is 11.3. The zero-order chi connectivity index (χ0) is 19.8. The molecule has 9 heteroatoms. The lowest BCUT2D eigenvalue weighted by molar-refractivity contribution is -0.0498. The highest BCUT2D eigenvalue weighted by Crippen LogP contribution is 2.39. The summed E-state index contributed by atoms with van der Waals surface area (Å²) in [6.45, 7) is -2.92. The molecule has 0 unspecified atom stereocenters. The predicted molar refractivity (Wildman–Crippen MR) is 99.3 cm³/mol. The Labute approximate surface area is 162 Å². The van der Waals surface area contributed by atoms with E-state index in [1.54, 1.807) is 35.0 Å². The smallest absolute Gasteiger partial charge is 0.387 e. The number of benzene rings is 2. The number of nitrogens with zero attached hydrogens (tertiary/aromatic N) is 3. The van der Waals surface area contributed by atoms with E-state index in [-0.39, 0.29) is 27.8 Å². The minimum Gasteiger partial charge on any atom is -0.507 e. The fourth-order valence-electron chi connectivity index (χ4n) is 2.84. The minimum absolute atomic E-state index is 0.00760. The first-order valence-electron chi connectivity index (χ1n) is 8.04. The van der Waals surface area contributed by atoms with Gasteiger partial charge in [-0.3, -0.25) is 4.57 Å². The third-order valence-corrected chi connectivity index (χ3v) is 4.34. The van der Waals surface area contributed by atoms with E-state index in [2.05, 4.69) is 14.7 Å². The fraction of sp³-hybridized carbons (Fsp3) is 0.0526. The summed E-state index contributed by atoms with van der Waals surface area (Å²) in [5.74, 6) is -0.169. The number of ether oxygens (including phenoxy) is 1. The van der Waals surface area contributed by atoms with Gasteiger partial charge in [-0.2, -0.15) is 8.78 Å². The lowest BCUT2D eigenvalue weighted by Gasteiger charge is -2.12. The molecule has 0 aliphatic heterocycles. The number of aromatic hydroxyl groups is 2. The number of fused-ring (bicyclic) bond motifs is 1. The van der Waals surface area contributed by atoms with Gasteiger partial charge in [-0.25, -0.2) is 9.97 Å². The lowest BCUT2D eigenvalue weighted by atomic mass is 10.1. The van der Waals surface area contributed by atoms with Crippen LogP contribution in [0.1, 0.15) is 0 Å². The molecule has 6 nitrogen and oxygen atoms in total. The molecule has 0 spiro atoms. The summed E-state index contributed by atoms with van der Waals surface area (Å²) in [6, 6.07) is 11.9. The molecule has 2 heterocycles. The number of halogens is 3. The Kier molecular flexibility index (Phi) is 4.48. The largest absolute Gasteiger partial charge is 0.507 e. The van der Waals surface area contributed by atoms with E-state index in [1.807, 2.05) is 0 Å². The van der Waals surface area contributed by atoms with Crippen LogP contribution in [-0.4, -0.2) is 31.4 Å². The van der Waals surface area contributed by atoms with Gasteiger partial charge in [0, 0.05) is 18.0 Å². The zero-order valence-electron chi connectivity index (χ0n) is 14.1. The van der Waals surface area contributed by atoms with E-state index in [0.717, 1.165) is 6.07 Å². The third-order valence-electron chi connectivity index (χ3n) is 4.04. The number of hydrogen-bond donors (Lipinski definition) is 2. The molecule has 2 aromatic carbocycles. The van der Waals surface area contributed by atoms with E-state index in [4.69, 9.17) is 11.6 Å². The van der Waals surface area contributed by atoms with Crippen LogP contribution in [0.2, 0.25) is 5.02 Å². The number of rotatable bonds is 4. The first kappa shape index (κ1) is 18.0. The first-order valence-corrected chi connectivity index (χ1v) is 8.42. The van der Waals surface area contributed by atoms with Gasteiger partial charge in [-0.05, 0) is 42.5 Å². The van der Waals surface area contributed by atoms with Crippen LogP contribution < -0.4 is 4.74 Å². The van der Waals surface area contributed by atoms with Gasteiger partial charge in [-0.1, -0.05) is 11.6 Å². The van der Waals surface area contributed by atoms with Gasteiger partial charge in [0.2, 0.25) is 0 Å². The summed E-state index contributed by atoms with van der Waals surface area (Å²) >= 11 is 6.00. The molecule has 0 fully saturated rings. The van der Waals surface area contributed by atoms with Gasteiger partial charge in [-0.15, -0.1) is 0 Å². The highest BCUT2D eigenvalue weighted by Gasteiger charge is 2.19. The number of hydrogen-bond acceptors (Lipinski definition) is 5. The monoisotopic (exact) mass is 403 g/mol. The van der Waals surface area contributed by atoms with Crippen LogP contribution in [0, 0.1) is 0 Å². The molecule has 4 rings (SSSR count). The molecule has 2 aromatic heterocycles. The molecule has 0 atom stereocenters. The summed E-state index contributed by atoms with van der Waals surface area (Å²) < 4.78 is 30.8. The van der Waals surface area contributed by atoms with Gasteiger partial charge in [0.05, 0.1) is 10.6 Å². The van der Waals surface area contributed by atoms with Crippen molar-refractivity contribution in [3.63, 3.8) is 0 Å². The Bertz CT molecular complexity index is 1160. The molecule has 2 N–H and O–H groups in total. The molecule has 28 heavy (non-hydrogen) atoms. The lowest BCUT2D eigenvalue weighted by Crippen LogP contribution is -2.03. The number of phenols is 2. The predicted octanol–water partition coefficient (Wildman–Crippen LogP) is 4.75. The number of alkyl halides is 2. The van der Waals surface area contributed by atoms with Crippen molar-refractivity contribution >= 4 is 22.8 Å². The quantitative estimate of drug-likeness (QED) is 0.514. The molecular formula is C19H12ClF2N3O3. The fourth-order valence-corrected chi connectivity index (χ4v) is 3.01. The second-order valence-corrected chi connectivity index (χ2v) is 6.22. The zero-order valence-corrected chi connectivity index (χ0v) is 14.8. The molecule has 0 saturated heterocycles. The second-order valence-electron chi connectivity index (χ2n) is 5.81. The van der Waals surface area contributed by atoms with Gasteiger partial charge in [0.1, 0.15) is 22.8 Å². The van der Waals surface area contributed by atoms with Crippen molar-refractivity contribution in [1.82, 2.24) is 14.5 Å². The molecular weight excluding hydrogens is 392 g/mol. The van der Waals surface area contributed by atoms with Crippen LogP contribution in [0.5, 0.6) is 17.2 Å². The van der Waals surface area contributed by atoms with E-state index >= 15 is 0 Å². The maximum absolute atomic E-state index is 12.4. The average Bonchev–Trinajstić information content (AvgIpc) is 3.04. The standard InChI is InChI=1S/C19H12ClF2N3O3/c20-13-8-12(15(26)9-16(13)27)17-24-14-2-1-7-23-18(14)25(17)10-3-5-11(6-4-10)28-19(21)22/h1-9,19,26-27H. The van der Waals surface area contributed by atoms with E-state index in [0.29, 0.717) is 22.7 Å². The van der Waals surface area contributed by atoms with Crippen LogP contribution in [0.4, 0.5) is 8.78 Å². The Morgan fingerprint density at radius 2 is 1.79 bits per heavy atom. The van der Waals surface area contributed by atoms with Crippen LogP contribution in [0.25, 0.3) is 28.2 Å². The summed E-state index contributed by atoms with van der Waals surface area (Å²) in [6.07, 6.45) is 1.59. The second kappa shape index (κ2) is 6.97. The van der Waals surface area contributed by atoms with Crippen LogP contribution >= 0.6 is 11.6 Å². The van der Waals surface area contributed by atoms with Crippen molar-refractivity contribution in [1.29, 1.82) is 0 Å². The third kappa shape index (κ3) is 3.18. The van der Waals surface area contributed by atoms with E-state index in [9.17, 15) is 19.0 Å². The summed E-state index contributed by atoms with van der Waals surface area (Å²) in [5, 5.41) is 20.0. The van der Waals surface area contributed by atoms with Crippen LogP contribution in [0.15, 0.2) is 54.7 Å². The Morgan fingerprint density at radius 1 is 1.04 bits per heavy atom. The molecule has 4 aromatic rings. The highest BCUT2D eigenvalue weighted by molar-refractivity contribution is 6.32. The molecule has 0 aliphatic rings. The molecule has 0 amide bonds. The number of aromatic nitrogens is 3. The van der Waals surface area contributed by atoms with E-state index in [1.165, 1.54) is 18.2 Å². The van der Waals surface area contributed by atoms with Crippen molar-refractivity contribution in [3.05, 3.63) is 59.8 Å². The number of phenolic OH excluding ortho intramolecular Hbond substituents is 2. The summed E-state index contributed by atoms with van der Waals surface area (Å²) in [5.41, 5.74) is 1.87. The van der Waals surface area contributed by atoms with Crippen molar-refractivity contribution in [2.75, 3.05) is 0 Å². The maximum atomic E-state index is 12.4. The van der Waals surface area contributed by atoms with Crippen LogP contribution in [-0.2, 0) is 0 Å². The summed E-state index contributed by atoms with van der Waals surface area (Å²) in [7, 11) is 0. The maximum Gasteiger partial charge on any atom is 0.387 e. The van der Waals surface area contributed by atoms with Gasteiger partial charge in [0.15, 0.2) is 11.5 Å². The minimum atomic E-state index is -2.92. The molecule has 0 radical (unpaired) electrons. The Hall–Kier alpha value is -3.39. The van der Waals surface area contributed by atoms with Crippen LogP contribution in [0.3, 0.4) is 0 Å². The van der Waals surface area contributed by atoms with E-state index < -0.39 is 6.61 Å². The average molecular weight is 404 g/mol.